The van der Waals surface area contributed by atoms with E-state index in [9.17, 15) is 81.8 Å². The number of fused-ring (bicyclic) bond motifs is 2. The summed E-state index contributed by atoms with van der Waals surface area (Å²) in [6.45, 7) is -3.27. The highest BCUT2D eigenvalue weighted by molar-refractivity contribution is 7.66. The first-order chi connectivity index (χ1) is 38.2. The summed E-state index contributed by atoms with van der Waals surface area (Å²) in [5.74, 6) is -2.16. The molecule has 6 unspecified atom stereocenters. The fourth-order valence-corrected chi connectivity index (χ4v) is 16.2. The van der Waals surface area contributed by atoms with Gasteiger partial charge in [-0.25, -0.2) is 46.6 Å². The molecular formula is C37H55N13O27P5+. The maximum Gasteiger partial charge on any atom is 0.479 e. The second-order valence-corrected chi connectivity index (χ2v) is 27.2. The van der Waals surface area contributed by atoms with E-state index >= 15 is 0 Å². The zero-order valence-electron chi connectivity index (χ0n) is 42.8. The number of anilines is 2. The molecule has 8 heterocycles. The maximum absolute atomic E-state index is 13.6. The van der Waals surface area contributed by atoms with Gasteiger partial charge >= 0.3 is 49.9 Å². The maximum atomic E-state index is 13.6. The van der Waals surface area contributed by atoms with Gasteiger partial charge in [-0.3, -0.25) is 60.7 Å². The third-order valence-electron chi connectivity index (χ3n) is 12.8. The molecule has 5 aromatic rings. The number of aryl methyl sites for hydroxylation is 1. The molecule has 45 heteroatoms. The molecule has 14 N–H and O–H groups in total. The minimum Gasteiger partial charge on any atom is -0.387 e. The molecule has 0 saturated carbocycles. The van der Waals surface area contributed by atoms with Gasteiger partial charge in [-0.2, -0.15) is 9.55 Å². The molecular weight excluding hydrogens is 1210 g/mol. The van der Waals surface area contributed by atoms with Gasteiger partial charge in [0.25, 0.3) is 16.7 Å². The van der Waals surface area contributed by atoms with Crippen LogP contribution in [0.4, 0.5) is 11.8 Å². The first kappa shape index (κ1) is 63.1. The Morgan fingerprint density at radius 2 is 1.33 bits per heavy atom. The molecule has 17 atom stereocenters. The smallest absolute Gasteiger partial charge is 0.387 e. The lowest BCUT2D eigenvalue weighted by atomic mass is 9.94. The van der Waals surface area contributed by atoms with Gasteiger partial charge in [-0.1, -0.05) is 0 Å². The third kappa shape index (κ3) is 14.1. The lowest BCUT2D eigenvalue weighted by molar-refractivity contribution is -0.646. The Bertz CT molecular complexity index is 3640. The lowest BCUT2D eigenvalue weighted by Gasteiger charge is -2.26. The van der Waals surface area contributed by atoms with Crippen LogP contribution in [0.5, 0.6) is 0 Å². The van der Waals surface area contributed by atoms with Crippen molar-refractivity contribution in [2.24, 2.45) is 13.0 Å². The SMILES string of the molecule is CO[C@@H]1[C@H](OP(=O)(O)OC[C@H]2O[C@@H](n3ccc(=O)[nH]c3=O)[C@H](O)[C@@H]2O)[C@@H](COP(=O)(O)OP(=O)(O)CCP(=O)(O)OP(=O)(O)OC[C@H]2O[C@@H](n3c[n+](C)c4c(=O)[nH]c(N)nc43)[C@H](O)C2CC(=O)N(C)C)O[C@H]1n1cnc2c(N)ncnc21. The number of aliphatic hydroxyl groups is 3. The first-order valence-corrected chi connectivity index (χ1v) is 31.6. The van der Waals surface area contributed by atoms with Crippen LogP contribution in [-0.4, -0.2) is 196 Å². The molecule has 5 aromatic heterocycles. The van der Waals surface area contributed by atoms with Crippen LogP contribution in [0.2, 0.25) is 0 Å². The number of phosphoric ester groups is 3. The van der Waals surface area contributed by atoms with Crippen molar-refractivity contribution in [2.75, 3.05) is 64.8 Å². The number of phosphoric acid groups is 3. The van der Waals surface area contributed by atoms with Crippen LogP contribution in [-0.2, 0) is 80.3 Å². The average Bonchev–Trinajstić information content (AvgIpc) is 4.25. The number of nitrogens with zero attached hydrogens (tertiary/aromatic N) is 9. The number of H-pyrrole nitrogens is 2. The van der Waals surface area contributed by atoms with E-state index in [1.54, 1.807) is 0 Å². The fourth-order valence-electron chi connectivity index (χ4n) is 8.89. The predicted molar refractivity (Wildman–Crippen MR) is 268 cm³/mol. The molecule has 0 radical (unpaired) electrons. The van der Waals surface area contributed by atoms with Crippen LogP contribution >= 0.6 is 38.7 Å². The van der Waals surface area contributed by atoms with Crippen molar-refractivity contribution < 1.29 is 118 Å². The summed E-state index contributed by atoms with van der Waals surface area (Å²) in [6, 6.07) is 0.916. The Morgan fingerprint density at radius 3 is 1.95 bits per heavy atom. The van der Waals surface area contributed by atoms with Gasteiger partial charge in [0.15, 0.2) is 23.9 Å². The molecule has 0 aliphatic carbocycles. The van der Waals surface area contributed by atoms with Crippen molar-refractivity contribution in [1.82, 2.24) is 48.5 Å². The summed E-state index contributed by atoms with van der Waals surface area (Å²) in [7, 11) is -22.8. The van der Waals surface area contributed by atoms with Crippen LogP contribution < -0.4 is 32.8 Å². The van der Waals surface area contributed by atoms with E-state index in [1.165, 1.54) is 46.1 Å². The fraction of sp³-hybridized carbons (Fsp3) is 0.595. The summed E-state index contributed by atoms with van der Waals surface area (Å²) >= 11 is 0. The molecule has 0 aromatic carbocycles. The van der Waals surface area contributed by atoms with Gasteiger partial charge in [0.2, 0.25) is 24.4 Å². The van der Waals surface area contributed by atoms with Crippen molar-refractivity contribution in [3.63, 3.8) is 0 Å². The average molecular weight is 1270 g/mol. The van der Waals surface area contributed by atoms with Crippen molar-refractivity contribution >= 4 is 78.7 Å². The van der Waals surface area contributed by atoms with Crippen LogP contribution in [0, 0.1) is 5.92 Å². The van der Waals surface area contributed by atoms with Crippen LogP contribution in [0.1, 0.15) is 25.1 Å². The molecule has 0 spiro atoms. The normalized spacial score (nSPS) is 29.5. The predicted octanol–water partition coefficient (Wildman–Crippen LogP) is -3.87. The van der Waals surface area contributed by atoms with Gasteiger partial charge in [-0.05, 0) is 0 Å². The molecule has 8 rings (SSSR count). The number of carbonyl (C=O) groups excluding carboxylic acids is 1. The molecule has 3 aliphatic rings. The largest absolute Gasteiger partial charge is 0.479 e. The van der Waals surface area contributed by atoms with E-state index in [2.05, 4.69) is 33.5 Å². The second kappa shape index (κ2) is 24.2. The quantitative estimate of drug-likeness (QED) is 0.0208. The highest BCUT2D eigenvalue weighted by atomic mass is 31.3. The molecule has 0 bridgehead atoms. The number of nitrogen functional groups attached to an aromatic ring is 2. The van der Waals surface area contributed by atoms with E-state index in [1.807, 2.05) is 4.98 Å². The number of methoxy groups -OCH3 is 1. The summed E-state index contributed by atoms with van der Waals surface area (Å²) < 4.78 is 123. The summed E-state index contributed by atoms with van der Waals surface area (Å²) in [6.07, 6.45) is -17.3. The standard InChI is InChI=1S/C37H54N13O27P5/c1-46(2)21(52)9-16-17(72-33(24(16)53)50-15-47(3)23-31(50)44-36(39)45-32(23)56)10-70-81(64,65)76-78(58,59)7-8-79(60,61)77-82(66,67)71-12-19-27(28(68-4)35(74-19)49-14-42-22-29(38)40-13-41-30(22)49)75-80(62,63)69-11-18-25(54)26(55)34(73-18)48-6-5-20(51)43-37(48)57/h5-6,13-19,24-28,33-35,53-55H,7-12H2,1-4H3,(H10-,38,39,40,41,43,44,45,51,56,57,58,59,60,61,62,63,64,65,66,67)/p+1/t16?,17-,18-,19-,24-,25-,26-,27-,28-,33-,34-,35-/m1/s1. The van der Waals surface area contributed by atoms with Crippen molar-refractivity contribution in [3.8, 4) is 0 Å². The number of amides is 1. The lowest BCUT2D eigenvalue weighted by Crippen LogP contribution is -2.38. The highest BCUT2D eigenvalue weighted by Gasteiger charge is 2.54. The third-order valence-corrected chi connectivity index (χ3v) is 20.3. The zero-order chi connectivity index (χ0) is 60.2. The van der Waals surface area contributed by atoms with E-state index < -0.39 is 173 Å². The van der Waals surface area contributed by atoms with Crippen molar-refractivity contribution in [1.29, 1.82) is 0 Å². The van der Waals surface area contributed by atoms with Crippen LogP contribution in [0.25, 0.3) is 22.3 Å². The van der Waals surface area contributed by atoms with Gasteiger partial charge in [0, 0.05) is 45.8 Å². The summed E-state index contributed by atoms with van der Waals surface area (Å²) in [5.41, 5.74) is 9.14. The number of rotatable bonds is 24. The Labute approximate surface area is 457 Å². The number of hydrogen-bond acceptors (Lipinski definition) is 28. The Kier molecular flexibility index (Phi) is 18.6. The number of nitrogens with two attached hydrogens (primary N) is 2. The number of aromatic nitrogens is 10. The zero-order valence-corrected chi connectivity index (χ0v) is 47.3. The number of nitrogens with one attached hydrogen (secondary N) is 2. The summed E-state index contributed by atoms with van der Waals surface area (Å²) in [4.78, 5) is 124. The molecule has 3 aliphatic heterocycles. The minimum atomic E-state index is -5.85. The molecule has 454 valence electrons. The molecule has 3 saturated heterocycles. The number of aromatic amines is 2. The van der Waals surface area contributed by atoms with Crippen molar-refractivity contribution in [3.05, 3.63) is 62.4 Å². The van der Waals surface area contributed by atoms with E-state index in [0.717, 1.165) is 36.6 Å². The second-order valence-electron chi connectivity index (χ2n) is 18.6. The van der Waals surface area contributed by atoms with Gasteiger partial charge in [-0.15, -0.1) is 0 Å². The minimum absolute atomic E-state index is 0.00295. The molecule has 3 fully saturated rings. The Balaban J connectivity index is 0.908. The van der Waals surface area contributed by atoms with E-state index in [0.29, 0.717) is 0 Å². The van der Waals surface area contributed by atoms with Crippen LogP contribution in [0.3, 0.4) is 0 Å². The first-order valence-electron chi connectivity index (χ1n) is 23.6. The molecule has 40 nitrogen and oxygen atoms in total. The topological polar surface area (TPSA) is 565 Å². The number of ether oxygens (including phenoxy) is 4. The molecule has 82 heavy (non-hydrogen) atoms. The number of carbonyl (C=O) groups is 1. The van der Waals surface area contributed by atoms with Crippen molar-refractivity contribution in [2.45, 2.75) is 73.9 Å². The monoisotopic (exact) mass is 1270 g/mol. The van der Waals surface area contributed by atoms with Gasteiger partial charge in [0.1, 0.15) is 54.6 Å². The van der Waals surface area contributed by atoms with Crippen LogP contribution in [0.15, 0.2) is 45.6 Å². The summed E-state index contributed by atoms with van der Waals surface area (Å²) in [5, 5.41) is 32.7. The number of aliphatic hydroxyl groups excluding tert-OH is 3. The highest BCUT2D eigenvalue weighted by Crippen LogP contribution is 2.65. The van der Waals surface area contributed by atoms with E-state index in [4.69, 9.17) is 48.5 Å². The molecule has 1 amide bonds. The van der Waals surface area contributed by atoms with Gasteiger partial charge in [0.05, 0.1) is 51.6 Å². The number of hydrogen-bond donors (Lipinski definition) is 12. The number of imidazole rings is 2. The Morgan fingerprint density at radius 1 is 0.744 bits per heavy atom. The Hall–Kier alpha value is -4.92. The van der Waals surface area contributed by atoms with Gasteiger partial charge < -0.3 is 75.1 Å². The van der Waals surface area contributed by atoms with E-state index in [-0.39, 0.29) is 34.1 Å².